The summed E-state index contributed by atoms with van der Waals surface area (Å²) >= 11 is 1.81. The van der Waals surface area contributed by atoms with E-state index in [9.17, 15) is 4.79 Å². The van der Waals surface area contributed by atoms with Crippen LogP contribution in [0.15, 0.2) is 41.8 Å². The molecular weight excluding hydrogens is 330 g/mol. The molecule has 0 radical (unpaired) electrons. The monoisotopic (exact) mass is 355 g/mol. The van der Waals surface area contributed by atoms with E-state index in [1.54, 1.807) is 11.3 Å². The van der Waals surface area contributed by atoms with Crippen LogP contribution in [-0.2, 0) is 13.0 Å². The first kappa shape index (κ1) is 16.6. The number of carbonyl (C=O) groups excluding carboxylic acids is 1. The zero-order chi connectivity index (χ0) is 17.1. The fourth-order valence-electron chi connectivity index (χ4n) is 3.88. The number of amides is 2. The summed E-state index contributed by atoms with van der Waals surface area (Å²) in [4.78, 5) is 18.5. The fourth-order valence-corrected chi connectivity index (χ4v) is 4.62. The van der Waals surface area contributed by atoms with E-state index in [1.165, 1.54) is 16.0 Å². The van der Waals surface area contributed by atoms with Crippen molar-refractivity contribution in [2.45, 2.75) is 31.8 Å². The standard InChI is InChI=1S/C20H25N3OS/c24-20(21-19-9-3-6-16-5-1-2-8-18(16)19)23-12-10-22(11-13-23)15-17-7-4-14-25-17/h1-2,4-5,7-8,14,19H,3,6,9-13,15H2,(H,21,24). The Morgan fingerprint density at radius 2 is 1.96 bits per heavy atom. The lowest BCUT2D eigenvalue weighted by Gasteiger charge is -2.36. The number of thiophene rings is 1. The number of rotatable bonds is 3. The summed E-state index contributed by atoms with van der Waals surface area (Å²) in [5.41, 5.74) is 2.69. The Morgan fingerprint density at radius 3 is 2.76 bits per heavy atom. The van der Waals surface area contributed by atoms with Crippen LogP contribution in [0.5, 0.6) is 0 Å². The Morgan fingerprint density at radius 1 is 1.12 bits per heavy atom. The average molecular weight is 356 g/mol. The van der Waals surface area contributed by atoms with Gasteiger partial charge < -0.3 is 10.2 Å². The SMILES string of the molecule is O=C(NC1CCCc2ccccc21)N1CCN(Cc2cccs2)CC1. The molecule has 2 heterocycles. The van der Waals surface area contributed by atoms with Gasteiger partial charge in [-0.15, -0.1) is 11.3 Å². The second-order valence-electron chi connectivity index (χ2n) is 6.94. The quantitative estimate of drug-likeness (QED) is 0.912. The van der Waals surface area contributed by atoms with E-state index in [0.29, 0.717) is 0 Å². The van der Waals surface area contributed by atoms with Crippen LogP contribution < -0.4 is 5.32 Å². The van der Waals surface area contributed by atoms with Gasteiger partial charge in [-0.25, -0.2) is 4.79 Å². The average Bonchev–Trinajstić information content (AvgIpc) is 3.16. The van der Waals surface area contributed by atoms with Crippen LogP contribution in [0.2, 0.25) is 0 Å². The van der Waals surface area contributed by atoms with Gasteiger partial charge in [-0.1, -0.05) is 30.3 Å². The molecule has 1 fully saturated rings. The van der Waals surface area contributed by atoms with E-state index in [1.807, 2.05) is 4.90 Å². The highest BCUT2D eigenvalue weighted by atomic mass is 32.1. The summed E-state index contributed by atoms with van der Waals surface area (Å²) in [5.74, 6) is 0. The molecule has 1 aliphatic heterocycles. The molecule has 1 N–H and O–H groups in total. The Bertz CT molecular complexity index is 707. The number of nitrogens with zero attached hydrogens (tertiary/aromatic N) is 2. The molecule has 2 aromatic rings. The van der Waals surface area contributed by atoms with Crippen LogP contribution in [0.3, 0.4) is 0 Å². The molecule has 0 saturated carbocycles. The first-order chi connectivity index (χ1) is 12.3. The third-order valence-electron chi connectivity index (χ3n) is 5.29. The van der Waals surface area contributed by atoms with E-state index in [2.05, 4.69) is 52.0 Å². The van der Waals surface area contributed by atoms with Gasteiger partial charge in [0.2, 0.25) is 0 Å². The van der Waals surface area contributed by atoms with Gasteiger partial charge in [0.15, 0.2) is 0 Å². The molecule has 5 heteroatoms. The van der Waals surface area contributed by atoms with Crippen molar-refractivity contribution in [2.24, 2.45) is 0 Å². The zero-order valence-corrected chi connectivity index (χ0v) is 15.3. The number of fused-ring (bicyclic) bond motifs is 1. The van der Waals surface area contributed by atoms with Gasteiger partial charge in [0, 0.05) is 37.6 Å². The minimum atomic E-state index is 0.0949. The summed E-state index contributed by atoms with van der Waals surface area (Å²) in [7, 11) is 0. The molecule has 4 rings (SSSR count). The molecule has 1 saturated heterocycles. The van der Waals surface area contributed by atoms with E-state index in [0.717, 1.165) is 52.0 Å². The number of benzene rings is 1. The normalized spacial score (nSPS) is 21.0. The topological polar surface area (TPSA) is 35.6 Å². The van der Waals surface area contributed by atoms with E-state index < -0.39 is 0 Å². The van der Waals surface area contributed by atoms with Crippen molar-refractivity contribution in [1.29, 1.82) is 0 Å². The maximum Gasteiger partial charge on any atom is 0.317 e. The number of urea groups is 1. The number of nitrogens with one attached hydrogen (secondary N) is 1. The molecule has 4 nitrogen and oxygen atoms in total. The number of piperazine rings is 1. The Labute approximate surface area is 153 Å². The molecule has 2 amide bonds. The van der Waals surface area contributed by atoms with Crippen LogP contribution in [0, 0.1) is 0 Å². The highest BCUT2D eigenvalue weighted by Crippen LogP contribution is 2.29. The fraction of sp³-hybridized carbons (Fsp3) is 0.450. The summed E-state index contributed by atoms with van der Waals surface area (Å²) in [5, 5.41) is 5.40. The molecule has 1 unspecified atom stereocenters. The van der Waals surface area contributed by atoms with Crippen LogP contribution in [0.25, 0.3) is 0 Å². The van der Waals surface area contributed by atoms with Crippen molar-refractivity contribution in [3.05, 3.63) is 57.8 Å². The smallest absolute Gasteiger partial charge is 0.317 e. The largest absolute Gasteiger partial charge is 0.331 e. The molecule has 2 aliphatic rings. The summed E-state index contributed by atoms with van der Waals surface area (Å²) in [6.45, 7) is 4.53. The molecule has 1 aromatic carbocycles. The second-order valence-corrected chi connectivity index (χ2v) is 7.97. The number of hydrogen-bond donors (Lipinski definition) is 1. The van der Waals surface area contributed by atoms with Gasteiger partial charge in [-0.3, -0.25) is 4.90 Å². The third-order valence-corrected chi connectivity index (χ3v) is 6.15. The summed E-state index contributed by atoms with van der Waals surface area (Å²) < 4.78 is 0. The summed E-state index contributed by atoms with van der Waals surface area (Å²) in [6.07, 6.45) is 3.32. The third kappa shape index (κ3) is 3.88. The van der Waals surface area contributed by atoms with Crippen molar-refractivity contribution in [3.8, 4) is 0 Å². The van der Waals surface area contributed by atoms with Gasteiger partial charge in [0.25, 0.3) is 0 Å². The Kier molecular flexibility index (Phi) is 5.04. The molecule has 132 valence electrons. The lowest BCUT2D eigenvalue weighted by Crippen LogP contribution is -2.52. The van der Waals surface area contributed by atoms with Gasteiger partial charge in [-0.05, 0) is 41.8 Å². The van der Waals surface area contributed by atoms with Gasteiger partial charge >= 0.3 is 6.03 Å². The predicted molar refractivity (Wildman–Crippen MR) is 102 cm³/mol. The maximum absolute atomic E-state index is 12.7. The minimum absolute atomic E-state index is 0.0949. The highest BCUT2D eigenvalue weighted by molar-refractivity contribution is 7.09. The Balaban J connectivity index is 1.31. The molecule has 0 bridgehead atoms. The van der Waals surface area contributed by atoms with E-state index in [-0.39, 0.29) is 12.1 Å². The molecule has 0 spiro atoms. The van der Waals surface area contributed by atoms with Crippen molar-refractivity contribution in [1.82, 2.24) is 15.1 Å². The van der Waals surface area contributed by atoms with Gasteiger partial charge in [0.05, 0.1) is 6.04 Å². The van der Waals surface area contributed by atoms with Gasteiger partial charge in [0.1, 0.15) is 0 Å². The molecule has 25 heavy (non-hydrogen) atoms. The van der Waals surface area contributed by atoms with Crippen LogP contribution in [0.1, 0.15) is 34.9 Å². The molecule has 1 aliphatic carbocycles. The first-order valence-corrected chi connectivity index (χ1v) is 10.1. The number of aryl methyl sites for hydroxylation is 1. The molecule has 1 aromatic heterocycles. The highest BCUT2D eigenvalue weighted by Gasteiger charge is 2.26. The number of hydrogen-bond acceptors (Lipinski definition) is 3. The lowest BCUT2D eigenvalue weighted by atomic mass is 9.88. The molecular formula is C20H25N3OS. The summed E-state index contributed by atoms with van der Waals surface area (Å²) in [6, 6.07) is 13.1. The van der Waals surface area contributed by atoms with Crippen LogP contribution in [-0.4, -0.2) is 42.0 Å². The van der Waals surface area contributed by atoms with Gasteiger partial charge in [-0.2, -0.15) is 0 Å². The van der Waals surface area contributed by atoms with E-state index >= 15 is 0 Å². The zero-order valence-electron chi connectivity index (χ0n) is 14.5. The van der Waals surface area contributed by atoms with Crippen molar-refractivity contribution < 1.29 is 4.79 Å². The van der Waals surface area contributed by atoms with E-state index in [4.69, 9.17) is 0 Å². The van der Waals surface area contributed by atoms with Crippen LogP contribution >= 0.6 is 11.3 Å². The maximum atomic E-state index is 12.7. The van der Waals surface area contributed by atoms with Crippen molar-refractivity contribution in [3.63, 3.8) is 0 Å². The molecule has 1 atom stereocenters. The lowest BCUT2D eigenvalue weighted by molar-refractivity contribution is 0.133. The van der Waals surface area contributed by atoms with Crippen molar-refractivity contribution >= 4 is 17.4 Å². The first-order valence-electron chi connectivity index (χ1n) is 9.17. The van der Waals surface area contributed by atoms with Crippen molar-refractivity contribution in [2.75, 3.05) is 26.2 Å². The van der Waals surface area contributed by atoms with Crippen LogP contribution in [0.4, 0.5) is 4.79 Å². The minimum Gasteiger partial charge on any atom is -0.331 e. The Hall–Kier alpha value is -1.85. The number of carbonyl (C=O) groups is 1. The second kappa shape index (κ2) is 7.58. The predicted octanol–water partition coefficient (Wildman–Crippen LogP) is 3.65.